The predicted octanol–water partition coefficient (Wildman–Crippen LogP) is 2.40. The lowest BCUT2D eigenvalue weighted by atomic mass is 10.0. The molecule has 25 heavy (non-hydrogen) atoms. The third-order valence-electron chi connectivity index (χ3n) is 4.04. The van der Waals surface area contributed by atoms with E-state index in [0.717, 1.165) is 25.1 Å². The number of amides is 1. The Balaban J connectivity index is 0.00000156. The second-order valence-electron chi connectivity index (χ2n) is 6.11. The van der Waals surface area contributed by atoms with E-state index >= 15 is 0 Å². The van der Waals surface area contributed by atoms with E-state index < -0.39 is 0 Å². The summed E-state index contributed by atoms with van der Waals surface area (Å²) in [6.45, 7) is 5.65. The van der Waals surface area contributed by atoms with E-state index in [-0.39, 0.29) is 48.6 Å². The molecule has 9 heteroatoms. The van der Waals surface area contributed by atoms with Gasteiger partial charge in [-0.25, -0.2) is 0 Å². The van der Waals surface area contributed by atoms with Gasteiger partial charge in [-0.2, -0.15) is 4.98 Å². The van der Waals surface area contributed by atoms with Crippen molar-refractivity contribution in [2.45, 2.75) is 26.3 Å². The highest BCUT2D eigenvalue weighted by molar-refractivity contribution is 5.85. The van der Waals surface area contributed by atoms with Gasteiger partial charge in [0.05, 0.1) is 5.92 Å². The first-order valence-electron chi connectivity index (χ1n) is 7.90. The van der Waals surface area contributed by atoms with E-state index in [2.05, 4.69) is 25.8 Å². The maximum absolute atomic E-state index is 12.4. The first-order chi connectivity index (χ1) is 11.1. The molecule has 2 unspecified atom stereocenters. The molecule has 2 aromatic heterocycles. The molecule has 0 bridgehead atoms. The smallest absolute Gasteiger partial charge is 0.249 e. The van der Waals surface area contributed by atoms with E-state index in [1.807, 2.05) is 26.0 Å². The molecule has 2 N–H and O–H groups in total. The zero-order chi connectivity index (χ0) is 16.2. The molecule has 1 amide bonds. The number of carbonyl (C=O) groups is 1. The number of pyridine rings is 1. The molecule has 0 spiro atoms. The molecule has 0 radical (unpaired) electrons. The van der Waals surface area contributed by atoms with Crippen molar-refractivity contribution in [1.82, 2.24) is 25.8 Å². The fourth-order valence-electron chi connectivity index (χ4n) is 2.64. The van der Waals surface area contributed by atoms with Crippen LogP contribution in [0, 0.1) is 11.8 Å². The Morgan fingerprint density at radius 1 is 1.32 bits per heavy atom. The Labute approximate surface area is 159 Å². The molecule has 138 valence electrons. The lowest BCUT2D eigenvalue weighted by molar-refractivity contribution is -0.125. The highest BCUT2D eigenvalue weighted by atomic mass is 35.5. The minimum absolute atomic E-state index is 0. The van der Waals surface area contributed by atoms with Crippen molar-refractivity contribution in [2.24, 2.45) is 11.8 Å². The fraction of sp³-hybridized carbons (Fsp3) is 0.500. The van der Waals surface area contributed by atoms with Crippen LogP contribution < -0.4 is 10.6 Å². The van der Waals surface area contributed by atoms with Gasteiger partial charge in [0.2, 0.25) is 17.6 Å². The molecule has 2 aromatic rings. The van der Waals surface area contributed by atoms with Crippen LogP contribution in [0.3, 0.4) is 0 Å². The summed E-state index contributed by atoms with van der Waals surface area (Å²) < 4.78 is 5.39. The number of carbonyl (C=O) groups excluding carboxylic acids is 1. The molecule has 3 heterocycles. The summed E-state index contributed by atoms with van der Waals surface area (Å²) in [5.74, 6) is 1.14. The second-order valence-corrected chi connectivity index (χ2v) is 6.11. The van der Waals surface area contributed by atoms with E-state index in [1.165, 1.54) is 0 Å². The average Bonchev–Trinajstić information content (AvgIpc) is 3.24. The molecule has 7 nitrogen and oxygen atoms in total. The molecule has 0 aromatic carbocycles. The average molecular weight is 388 g/mol. The zero-order valence-corrected chi connectivity index (χ0v) is 15.8. The first-order valence-corrected chi connectivity index (χ1v) is 7.90. The molecular formula is C16H23Cl2N5O2. The minimum Gasteiger partial charge on any atom is -0.344 e. The SMILES string of the molecule is CC(C)C(NC(=O)C1CCNC1)c1nc(-c2ccncc2)no1.Cl.Cl. The number of aromatic nitrogens is 3. The minimum atomic E-state index is -0.286. The van der Waals surface area contributed by atoms with E-state index in [4.69, 9.17) is 4.52 Å². The Kier molecular flexibility index (Phi) is 8.28. The maximum atomic E-state index is 12.4. The number of nitrogens with one attached hydrogen (secondary N) is 2. The summed E-state index contributed by atoms with van der Waals surface area (Å²) in [6, 6.07) is 3.36. The predicted molar refractivity (Wildman–Crippen MR) is 98.7 cm³/mol. The van der Waals surface area contributed by atoms with Gasteiger partial charge in [-0.15, -0.1) is 24.8 Å². The van der Waals surface area contributed by atoms with Crippen molar-refractivity contribution >= 4 is 30.7 Å². The van der Waals surface area contributed by atoms with Crippen LogP contribution >= 0.6 is 24.8 Å². The number of hydrogen-bond acceptors (Lipinski definition) is 6. The van der Waals surface area contributed by atoms with Gasteiger partial charge in [-0.1, -0.05) is 19.0 Å². The molecule has 1 aliphatic heterocycles. The van der Waals surface area contributed by atoms with Gasteiger partial charge in [-0.05, 0) is 31.0 Å². The van der Waals surface area contributed by atoms with Crippen LogP contribution in [-0.2, 0) is 4.79 Å². The quantitative estimate of drug-likeness (QED) is 0.817. The molecule has 3 rings (SSSR count). The zero-order valence-electron chi connectivity index (χ0n) is 14.1. The van der Waals surface area contributed by atoms with Gasteiger partial charge in [0.25, 0.3) is 0 Å². The highest BCUT2D eigenvalue weighted by Crippen LogP contribution is 2.24. The van der Waals surface area contributed by atoms with Crippen LogP contribution in [0.25, 0.3) is 11.4 Å². The Morgan fingerprint density at radius 2 is 2.04 bits per heavy atom. The van der Waals surface area contributed by atoms with Crippen LogP contribution in [0.1, 0.15) is 32.2 Å². The van der Waals surface area contributed by atoms with Gasteiger partial charge in [-0.3, -0.25) is 9.78 Å². The summed E-state index contributed by atoms with van der Waals surface area (Å²) in [5.41, 5.74) is 0.837. The molecule has 0 aliphatic carbocycles. The first kappa shape index (κ1) is 21.3. The third kappa shape index (κ3) is 5.14. The molecule has 1 aliphatic rings. The molecule has 2 atom stereocenters. The van der Waals surface area contributed by atoms with Crippen LogP contribution in [0.4, 0.5) is 0 Å². The summed E-state index contributed by atoms with van der Waals surface area (Å²) in [4.78, 5) is 20.8. The number of rotatable bonds is 5. The van der Waals surface area contributed by atoms with Crippen LogP contribution in [0.5, 0.6) is 0 Å². The molecule has 1 fully saturated rings. The van der Waals surface area contributed by atoms with Crippen LogP contribution in [0.15, 0.2) is 29.0 Å². The van der Waals surface area contributed by atoms with Crippen molar-refractivity contribution in [3.05, 3.63) is 30.4 Å². The highest BCUT2D eigenvalue weighted by Gasteiger charge is 2.29. The van der Waals surface area contributed by atoms with Gasteiger partial charge in [0.15, 0.2) is 0 Å². The summed E-state index contributed by atoms with van der Waals surface area (Å²) in [5, 5.41) is 10.3. The topological polar surface area (TPSA) is 92.9 Å². The normalized spacial score (nSPS) is 17.5. The standard InChI is InChI=1S/C16H21N5O2.2ClH/c1-10(2)13(19-15(22)12-5-8-18-9-12)16-20-14(21-23-16)11-3-6-17-7-4-11;;/h3-4,6-7,10,12-13,18H,5,8-9H2,1-2H3,(H,19,22);2*1H. The number of hydrogen-bond donors (Lipinski definition) is 2. The third-order valence-corrected chi connectivity index (χ3v) is 4.04. The molecule has 0 saturated carbocycles. The van der Waals surface area contributed by atoms with Gasteiger partial charge in [0.1, 0.15) is 6.04 Å². The van der Waals surface area contributed by atoms with E-state index in [0.29, 0.717) is 11.7 Å². The molecule has 1 saturated heterocycles. The van der Waals surface area contributed by atoms with Crippen molar-refractivity contribution in [1.29, 1.82) is 0 Å². The van der Waals surface area contributed by atoms with Gasteiger partial charge >= 0.3 is 0 Å². The summed E-state index contributed by atoms with van der Waals surface area (Å²) in [6.07, 6.45) is 4.23. The van der Waals surface area contributed by atoms with Crippen molar-refractivity contribution in [3.8, 4) is 11.4 Å². The fourth-order valence-corrected chi connectivity index (χ4v) is 2.64. The number of halogens is 2. The van der Waals surface area contributed by atoms with E-state index in [1.54, 1.807) is 12.4 Å². The summed E-state index contributed by atoms with van der Waals surface area (Å²) in [7, 11) is 0. The van der Waals surface area contributed by atoms with Crippen molar-refractivity contribution in [2.75, 3.05) is 13.1 Å². The lowest BCUT2D eigenvalue weighted by Crippen LogP contribution is -2.37. The lowest BCUT2D eigenvalue weighted by Gasteiger charge is -2.20. The largest absolute Gasteiger partial charge is 0.344 e. The second kappa shape index (κ2) is 9.70. The summed E-state index contributed by atoms with van der Waals surface area (Å²) >= 11 is 0. The van der Waals surface area contributed by atoms with Crippen LogP contribution in [-0.4, -0.2) is 34.1 Å². The monoisotopic (exact) mass is 387 g/mol. The maximum Gasteiger partial charge on any atom is 0.249 e. The number of nitrogens with zero attached hydrogens (tertiary/aromatic N) is 3. The molecular weight excluding hydrogens is 365 g/mol. The van der Waals surface area contributed by atoms with E-state index in [9.17, 15) is 4.79 Å². The Hall–Kier alpha value is -1.70. The van der Waals surface area contributed by atoms with Crippen molar-refractivity contribution in [3.63, 3.8) is 0 Å². The van der Waals surface area contributed by atoms with Crippen molar-refractivity contribution < 1.29 is 9.32 Å². The Morgan fingerprint density at radius 3 is 2.64 bits per heavy atom. The van der Waals surface area contributed by atoms with Gasteiger partial charge < -0.3 is 15.2 Å². The van der Waals surface area contributed by atoms with Gasteiger partial charge in [0, 0.05) is 24.5 Å². The Bertz CT molecular complexity index is 660. The van der Waals surface area contributed by atoms with Crippen LogP contribution in [0.2, 0.25) is 0 Å².